The molecule has 3 atom stereocenters. The second-order valence-corrected chi connectivity index (χ2v) is 8.23. The zero-order valence-corrected chi connectivity index (χ0v) is 17.2. The van der Waals surface area contributed by atoms with Crippen LogP contribution in [0, 0.1) is 11.8 Å². The third-order valence-corrected chi connectivity index (χ3v) is 6.27. The quantitative estimate of drug-likeness (QED) is 0.627. The van der Waals surface area contributed by atoms with Gasteiger partial charge in [-0.2, -0.15) is 0 Å². The van der Waals surface area contributed by atoms with Crippen LogP contribution in [0.5, 0.6) is 5.75 Å². The molecule has 8 heteroatoms. The smallest absolute Gasteiger partial charge is 0.303 e. The number of nitrogens with two attached hydrogens (primary N) is 1. The van der Waals surface area contributed by atoms with E-state index in [1.165, 1.54) is 0 Å². The molecule has 2 fully saturated rings. The fourth-order valence-electron chi connectivity index (χ4n) is 4.63. The third kappa shape index (κ3) is 5.95. The van der Waals surface area contributed by atoms with E-state index in [-0.39, 0.29) is 42.7 Å². The summed E-state index contributed by atoms with van der Waals surface area (Å²) in [7, 11) is 0. The molecule has 3 unspecified atom stereocenters. The van der Waals surface area contributed by atoms with E-state index in [9.17, 15) is 19.5 Å². The first-order valence-electron chi connectivity index (χ1n) is 10.6. The van der Waals surface area contributed by atoms with Crippen LogP contribution in [0.2, 0.25) is 0 Å². The van der Waals surface area contributed by atoms with E-state index < -0.39 is 5.97 Å². The summed E-state index contributed by atoms with van der Waals surface area (Å²) >= 11 is 0. The van der Waals surface area contributed by atoms with Crippen molar-refractivity contribution in [2.45, 2.75) is 38.1 Å². The van der Waals surface area contributed by atoms with Crippen LogP contribution in [0.1, 0.15) is 32.1 Å². The Labute approximate surface area is 177 Å². The second kappa shape index (κ2) is 10.4. The maximum atomic E-state index is 12.7. The first kappa shape index (κ1) is 22.1. The van der Waals surface area contributed by atoms with Gasteiger partial charge in [-0.1, -0.05) is 18.2 Å². The van der Waals surface area contributed by atoms with E-state index in [0.29, 0.717) is 31.8 Å². The number of aliphatic carboxylic acids is 1. The van der Waals surface area contributed by atoms with Gasteiger partial charge in [0.15, 0.2) is 6.61 Å². The van der Waals surface area contributed by atoms with Gasteiger partial charge in [0.2, 0.25) is 5.91 Å². The fourth-order valence-corrected chi connectivity index (χ4v) is 4.63. The van der Waals surface area contributed by atoms with Crippen molar-refractivity contribution in [2.24, 2.45) is 17.6 Å². The van der Waals surface area contributed by atoms with E-state index >= 15 is 0 Å². The largest absolute Gasteiger partial charge is 0.484 e. The highest BCUT2D eigenvalue weighted by Gasteiger charge is 2.35. The highest BCUT2D eigenvalue weighted by Crippen LogP contribution is 2.30. The van der Waals surface area contributed by atoms with Crippen LogP contribution in [-0.2, 0) is 14.4 Å². The minimum absolute atomic E-state index is 0.0243. The molecule has 3 N–H and O–H groups in total. The zero-order chi connectivity index (χ0) is 21.5. The molecular formula is C22H31N3O5. The number of para-hydroxylation sites is 1. The number of amides is 2. The Morgan fingerprint density at radius 1 is 1.10 bits per heavy atom. The number of ether oxygens (including phenoxy) is 1. The Kier molecular flexibility index (Phi) is 7.68. The molecule has 0 bridgehead atoms. The number of nitrogens with zero attached hydrogens (tertiary/aromatic N) is 2. The molecule has 0 saturated carbocycles. The van der Waals surface area contributed by atoms with Crippen LogP contribution in [-0.4, -0.2) is 71.5 Å². The van der Waals surface area contributed by atoms with Gasteiger partial charge in [0.25, 0.3) is 5.91 Å². The average molecular weight is 418 g/mol. The molecule has 2 aliphatic rings. The molecular weight excluding hydrogens is 386 g/mol. The average Bonchev–Trinajstić information content (AvgIpc) is 3.20. The fraction of sp³-hybridized carbons (Fsp3) is 0.591. The van der Waals surface area contributed by atoms with Gasteiger partial charge in [-0.15, -0.1) is 0 Å². The van der Waals surface area contributed by atoms with Crippen LogP contribution >= 0.6 is 0 Å². The van der Waals surface area contributed by atoms with Crippen molar-refractivity contribution in [3.8, 4) is 5.75 Å². The number of hydrogen-bond acceptors (Lipinski definition) is 5. The summed E-state index contributed by atoms with van der Waals surface area (Å²) < 4.78 is 5.58. The molecule has 2 heterocycles. The minimum Gasteiger partial charge on any atom is -0.484 e. The highest BCUT2D eigenvalue weighted by atomic mass is 16.5. The number of carbonyl (C=O) groups is 3. The summed E-state index contributed by atoms with van der Waals surface area (Å²) in [5, 5.41) is 9.29. The van der Waals surface area contributed by atoms with Gasteiger partial charge in [-0.05, 0) is 62.7 Å². The van der Waals surface area contributed by atoms with Gasteiger partial charge in [0.1, 0.15) is 5.75 Å². The second-order valence-electron chi connectivity index (χ2n) is 8.23. The number of benzene rings is 1. The summed E-state index contributed by atoms with van der Waals surface area (Å²) in [6.07, 6.45) is 3.23. The zero-order valence-electron chi connectivity index (χ0n) is 17.2. The topological polar surface area (TPSA) is 113 Å². The number of carboxylic acids is 1. The van der Waals surface area contributed by atoms with E-state index in [1.54, 1.807) is 17.0 Å². The Balaban J connectivity index is 1.57. The van der Waals surface area contributed by atoms with Gasteiger partial charge < -0.3 is 20.5 Å². The van der Waals surface area contributed by atoms with E-state index in [1.807, 2.05) is 18.2 Å². The standard InChI is InChI=1S/C22H31N3O5/c23-22(29)19-7-4-10-24(19)11-9-17-14-25(12-8-16(17)13-21(27)28)20(26)15-30-18-5-2-1-3-6-18/h1-3,5-6,16-17,19H,4,7-15H2,(H2,23,29)(H,27,28). The third-order valence-electron chi connectivity index (χ3n) is 6.27. The number of carbonyl (C=O) groups excluding carboxylic acids is 2. The van der Waals surface area contributed by atoms with Crippen molar-refractivity contribution in [3.05, 3.63) is 30.3 Å². The molecule has 30 heavy (non-hydrogen) atoms. The van der Waals surface area contributed by atoms with Gasteiger partial charge in [0, 0.05) is 19.5 Å². The molecule has 2 saturated heterocycles. The molecule has 0 radical (unpaired) electrons. The number of primary amides is 1. The lowest BCUT2D eigenvalue weighted by molar-refractivity contribution is -0.140. The molecule has 164 valence electrons. The first-order chi connectivity index (χ1) is 14.4. The molecule has 2 amide bonds. The monoisotopic (exact) mass is 417 g/mol. The number of likely N-dealkylation sites (tertiary alicyclic amines) is 2. The van der Waals surface area contributed by atoms with Crippen molar-refractivity contribution < 1.29 is 24.2 Å². The maximum Gasteiger partial charge on any atom is 0.303 e. The Morgan fingerprint density at radius 2 is 1.87 bits per heavy atom. The molecule has 2 aliphatic heterocycles. The summed E-state index contributed by atoms with van der Waals surface area (Å²) in [6.45, 7) is 2.55. The van der Waals surface area contributed by atoms with Crippen LogP contribution in [0.4, 0.5) is 0 Å². The van der Waals surface area contributed by atoms with Gasteiger partial charge in [-0.25, -0.2) is 0 Å². The van der Waals surface area contributed by atoms with E-state index in [4.69, 9.17) is 10.5 Å². The van der Waals surface area contributed by atoms with Gasteiger partial charge in [0.05, 0.1) is 6.04 Å². The molecule has 8 nitrogen and oxygen atoms in total. The number of hydrogen-bond donors (Lipinski definition) is 2. The van der Waals surface area contributed by atoms with Crippen LogP contribution in [0.25, 0.3) is 0 Å². The van der Waals surface area contributed by atoms with Gasteiger partial charge in [-0.3, -0.25) is 19.3 Å². The normalized spacial score (nSPS) is 24.5. The lowest BCUT2D eigenvalue weighted by Crippen LogP contribution is -2.47. The minimum atomic E-state index is -0.812. The van der Waals surface area contributed by atoms with Crippen molar-refractivity contribution in [1.82, 2.24) is 9.80 Å². The number of carboxylic acid groups (broad SMARTS) is 1. The lowest BCUT2D eigenvalue weighted by Gasteiger charge is -2.39. The van der Waals surface area contributed by atoms with Crippen LogP contribution in [0.3, 0.4) is 0 Å². The molecule has 0 aliphatic carbocycles. The Morgan fingerprint density at radius 3 is 2.57 bits per heavy atom. The first-order valence-corrected chi connectivity index (χ1v) is 10.6. The maximum absolute atomic E-state index is 12.7. The summed E-state index contributed by atoms with van der Waals surface area (Å²) in [5.41, 5.74) is 5.51. The Hall–Kier alpha value is -2.61. The van der Waals surface area contributed by atoms with Crippen LogP contribution in [0.15, 0.2) is 30.3 Å². The molecule has 1 aromatic carbocycles. The van der Waals surface area contributed by atoms with Crippen molar-refractivity contribution in [2.75, 3.05) is 32.8 Å². The molecule has 0 aromatic heterocycles. The van der Waals surface area contributed by atoms with Crippen molar-refractivity contribution in [1.29, 1.82) is 0 Å². The lowest BCUT2D eigenvalue weighted by atomic mass is 9.81. The molecule has 0 spiro atoms. The molecule has 3 rings (SSSR count). The highest BCUT2D eigenvalue weighted by molar-refractivity contribution is 5.80. The predicted octanol–water partition coefficient (Wildman–Crippen LogP) is 1.34. The van der Waals surface area contributed by atoms with Crippen molar-refractivity contribution in [3.63, 3.8) is 0 Å². The van der Waals surface area contributed by atoms with Crippen molar-refractivity contribution >= 4 is 17.8 Å². The summed E-state index contributed by atoms with van der Waals surface area (Å²) in [5.74, 6) is -0.453. The Bertz CT molecular complexity index is 742. The SMILES string of the molecule is NC(=O)C1CCCN1CCC1CN(C(=O)COc2ccccc2)CCC1CC(=O)O. The van der Waals surface area contributed by atoms with E-state index in [0.717, 1.165) is 25.8 Å². The number of piperidine rings is 1. The number of rotatable bonds is 9. The molecule has 1 aromatic rings. The summed E-state index contributed by atoms with van der Waals surface area (Å²) in [6, 6.07) is 8.97. The summed E-state index contributed by atoms with van der Waals surface area (Å²) in [4.78, 5) is 39.5. The van der Waals surface area contributed by atoms with Crippen LogP contribution < -0.4 is 10.5 Å². The van der Waals surface area contributed by atoms with E-state index in [2.05, 4.69) is 4.90 Å². The predicted molar refractivity (Wildman–Crippen MR) is 111 cm³/mol. The van der Waals surface area contributed by atoms with Gasteiger partial charge >= 0.3 is 5.97 Å².